The maximum Gasteiger partial charge on any atom is 0.407 e. The number of rotatable bonds is 1. The van der Waals surface area contributed by atoms with Crippen molar-refractivity contribution in [2.24, 2.45) is 5.73 Å². The van der Waals surface area contributed by atoms with Crippen LogP contribution in [0.3, 0.4) is 0 Å². The monoisotopic (exact) mass is 315 g/mol. The van der Waals surface area contributed by atoms with Gasteiger partial charge in [-0.05, 0) is 46.7 Å². The summed E-state index contributed by atoms with van der Waals surface area (Å²) in [5.74, 6) is 0. The van der Waals surface area contributed by atoms with E-state index in [-0.39, 0.29) is 5.56 Å². The standard InChI is InChI=1S/C9H9F3IN/c1-5-4-6(2-3-7(5)13)8(14)9(10,11)12/h2-4,8H,14H2,1H3/t8-/m1/s1. The summed E-state index contributed by atoms with van der Waals surface area (Å²) in [7, 11) is 0. The second-order valence-electron chi connectivity index (χ2n) is 3.03. The Labute approximate surface area is 93.6 Å². The topological polar surface area (TPSA) is 26.0 Å². The van der Waals surface area contributed by atoms with Crippen molar-refractivity contribution in [2.45, 2.75) is 19.1 Å². The molecule has 1 aromatic rings. The van der Waals surface area contributed by atoms with Crippen molar-refractivity contribution in [3.63, 3.8) is 0 Å². The van der Waals surface area contributed by atoms with Crippen molar-refractivity contribution in [2.75, 3.05) is 0 Å². The molecule has 1 nitrogen and oxygen atoms in total. The number of hydrogen-bond acceptors (Lipinski definition) is 1. The van der Waals surface area contributed by atoms with Crippen LogP contribution in [0.15, 0.2) is 18.2 Å². The summed E-state index contributed by atoms with van der Waals surface area (Å²) < 4.78 is 37.7. The number of benzene rings is 1. The summed E-state index contributed by atoms with van der Waals surface area (Å²) in [6.45, 7) is 1.76. The van der Waals surface area contributed by atoms with Gasteiger partial charge < -0.3 is 5.73 Å². The van der Waals surface area contributed by atoms with Gasteiger partial charge in [0, 0.05) is 3.57 Å². The molecule has 0 spiro atoms. The first-order valence-corrected chi connectivity index (χ1v) is 4.98. The third-order valence-electron chi connectivity index (χ3n) is 1.89. The van der Waals surface area contributed by atoms with Crippen LogP contribution in [0.2, 0.25) is 0 Å². The molecule has 0 fully saturated rings. The summed E-state index contributed by atoms with van der Waals surface area (Å²) in [4.78, 5) is 0. The molecule has 1 rings (SSSR count). The Kier molecular flexibility index (Phi) is 3.41. The van der Waals surface area contributed by atoms with Crippen molar-refractivity contribution in [3.8, 4) is 0 Å². The Bertz CT molecular complexity index is 335. The largest absolute Gasteiger partial charge is 0.407 e. The summed E-state index contributed by atoms with van der Waals surface area (Å²) in [6, 6.07) is 2.63. The molecule has 14 heavy (non-hydrogen) atoms. The van der Waals surface area contributed by atoms with E-state index in [0.717, 1.165) is 9.13 Å². The van der Waals surface area contributed by atoms with Crippen LogP contribution < -0.4 is 5.73 Å². The van der Waals surface area contributed by atoms with E-state index in [2.05, 4.69) is 22.6 Å². The fourth-order valence-corrected chi connectivity index (χ4v) is 1.39. The van der Waals surface area contributed by atoms with E-state index >= 15 is 0 Å². The number of aryl methyl sites for hydroxylation is 1. The lowest BCUT2D eigenvalue weighted by molar-refractivity contribution is -0.149. The van der Waals surface area contributed by atoms with Gasteiger partial charge >= 0.3 is 6.18 Å². The number of nitrogens with two attached hydrogens (primary N) is 1. The van der Waals surface area contributed by atoms with Gasteiger partial charge in [0.05, 0.1) is 0 Å². The minimum Gasteiger partial charge on any atom is -0.316 e. The van der Waals surface area contributed by atoms with Crippen molar-refractivity contribution >= 4 is 22.6 Å². The summed E-state index contributed by atoms with van der Waals surface area (Å²) >= 11 is 2.06. The molecule has 2 N–H and O–H groups in total. The van der Waals surface area contributed by atoms with Crippen LogP contribution >= 0.6 is 22.6 Å². The van der Waals surface area contributed by atoms with Gasteiger partial charge in [-0.3, -0.25) is 0 Å². The molecule has 0 bridgehead atoms. The second-order valence-corrected chi connectivity index (χ2v) is 4.19. The van der Waals surface area contributed by atoms with Gasteiger partial charge in [0.25, 0.3) is 0 Å². The smallest absolute Gasteiger partial charge is 0.316 e. The van der Waals surface area contributed by atoms with Crippen LogP contribution in [0.1, 0.15) is 17.2 Å². The second kappa shape index (κ2) is 4.06. The molecule has 1 atom stereocenters. The Balaban J connectivity index is 3.03. The van der Waals surface area contributed by atoms with Crippen molar-refractivity contribution in [1.82, 2.24) is 0 Å². The zero-order valence-electron chi connectivity index (χ0n) is 7.40. The highest BCUT2D eigenvalue weighted by Crippen LogP contribution is 2.31. The minimum absolute atomic E-state index is 0.107. The molecule has 0 saturated carbocycles. The van der Waals surface area contributed by atoms with E-state index < -0.39 is 12.2 Å². The first-order valence-electron chi connectivity index (χ1n) is 3.90. The molecule has 78 valence electrons. The van der Waals surface area contributed by atoms with Crippen LogP contribution in [0, 0.1) is 10.5 Å². The van der Waals surface area contributed by atoms with Crippen molar-refractivity contribution < 1.29 is 13.2 Å². The Morgan fingerprint density at radius 1 is 1.36 bits per heavy atom. The normalized spacial score (nSPS) is 14.1. The van der Waals surface area contributed by atoms with E-state index in [1.807, 2.05) is 0 Å². The highest BCUT2D eigenvalue weighted by atomic mass is 127. The van der Waals surface area contributed by atoms with E-state index in [0.29, 0.717) is 0 Å². The summed E-state index contributed by atoms with van der Waals surface area (Å²) in [5, 5.41) is 0. The molecule has 0 aliphatic rings. The molecular weight excluding hydrogens is 306 g/mol. The maximum atomic E-state index is 12.2. The first-order chi connectivity index (χ1) is 6.32. The van der Waals surface area contributed by atoms with Crippen LogP contribution in [-0.2, 0) is 0 Å². The van der Waals surface area contributed by atoms with E-state index in [9.17, 15) is 13.2 Å². The van der Waals surface area contributed by atoms with Gasteiger partial charge in [0.1, 0.15) is 6.04 Å². The Hall–Kier alpha value is -0.300. The molecule has 0 saturated heterocycles. The summed E-state index contributed by atoms with van der Waals surface area (Å²) in [6.07, 6.45) is -4.38. The van der Waals surface area contributed by atoms with Crippen molar-refractivity contribution in [1.29, 1.82) is 0 Å². The first kappa shape index (κ1) is 11.8. The number of hydrogen-bond donors (Lipinski definition) is 1. The Morgan fingerprint density at radius 3 is 2.36 bits per heavy atom. The van der Waals surface area contributed by atoms with Crippen LogP contribution in [0.5, 0.6) is 0 Å². The predicted molar refractivity (Wildman–Crippen MR) is 56.9 cm³/mol. The molecule has 0 unspecified atom stereocenters. The predicted octanol–water partition coefficient (Wildman–Crippen LogP) is 3.16. The van der Waals surface area contributed by atoms with Crippen LogP contribution in [0.4, 0.5) is 13.2 Å². The molecule has 0 heterocycles. The number of halogens is 4. The zero-order chi connectivity index (χ0) is 10.9. The van der Waals surface area contributed by atoms with E-state index in [4.69, 9.17) is 5.73 Å². The maximum absolute atomic E-state index is 12.2. The van der Waals surface area contributed by atoms with Gasteiger partial charge in [-0.25, -0.2) is 0 Å². The third kappa shape index (κ3) is 2.60. The fourth-order valence-electron chi connectivity index (χ4n) is 1.05. The molecule has 0 aromatic heterocycles. The lowest BCUT2D eigenvalue weighted by Gasteiger charge is -2.16. The van der Waals surface area contributed by atoms with Gasteiger partial charge in [0.15, 0.2) is 0 Å². The van der Waals surface area contributed by atoms with E-state index in [1.54, 1.807) is 13.0 Å². The lowest BCUT2D eigenvalue weighted by Crippen LogP contribution is -2.28. The minimum atomic E-state index is -4.38. The van der Waals surface area contributed by atoms with Gasteiger partial charge in [-0.1, -0.05) is 12.1 Å². The fraction of sp³-hybridized carbons (Fsp3) is 0.333. The van der Waals surface area contributed by atoms with Crippen LogP contribution in [0.25, 0.3) is 0 Å². The highest BCUT2D eigenvalue weighted by Gasteiger charge is 2.37. The van der Waals surface area contributed by atoms with Gasteiger partial charge in [0.2, 0.25) is 0 Å². The van der Waals surface area contributed by atoms with Gasteiger partial charge in [-0.2, -0.15) is 13.2 Å². The molecule has 1 aromatic carbocycles. The third-order valence-corrected chi connectivity index (χ3v) is 3.10. The SMILES string of the molecule is Cc1cc([C@@H](N)C(F)(F)F)ccc1I. The number of alkyl halides is 3. The average molecular weight is 315 g/mol. The molecule has 0 radical (unpaired) electrons. The molecule has 5 heteroatoms. The molecule has 0 amide bonds. The van der Waals surface area contributed by atoms with E-state index in [1.165, 1.54) is 12.1 Å². The molecular formula is C9H9F3IN. The quantitative estimate of drug-likeness (QED) is 0.792. The summed E-state index contributed by atoms with van der Waals surface area (Å²) in [5.41, 5.74) is 5.98. The zero-order valence-corrected chi connectivity index (χ0v) is 9.56. The highest BCUT2D eigenvalue weighted by molar-refractivity contribution is 14.1. The lowest BCUT2D eigenvalue weighted by atomic mass is 10.1. The van der Waals surface area contributed by atoms with Crippen molar-refractivity contribution in [3.05, 3.63) is 32.9 Å². The molecule has 0 aliphatic carbocycles. The molecule has 0 aliphatic heterocycles. The average Bonchev–Trinajstić information content (AvgIpc) is 2.07. The van der Waals surface area contributed by atoms with Crippen LogP contribution in [-0.4, -0.2) is 6.18 Å². The van der Waals surface area contributed by atoms with Gasteiger partial charge in [-0.15, -0.1) is 0 Å². The Morgan fingerprint density at radius 2 is 1.93 bits per heavy atom.